The summed E-state index contributed by atoms with van der Waals surface area (Å²) < 4.78 is 11.6. The van der Waals surface area contributed by atoms with Crippen LogP contribution in [0.4, 0.5) is 5.95 Å². The van der Waals surface area contributed by atoms with Crippen LogP contribution in [-0.4, -0.2) is 33.4 Å². The second-order valence-electron chi connectivity index (χ2n) is 9.43. The van der Waals surface area contributed by atoms with E-state index in [0.717, 1.165) is 11.1 Å². The van der Waals surface area contributed by atoms with E-state index in [1.165, 1.54) is 4.90 Å². The molecule has 0 saturated carbocycles. The summed E-state index contributed by atoms with van der Waals surface area (Å²) in [6, 6.07) is 14.9. The van der Waals surface area contributed by atoms with E-state index in [9.17, 15) is 14.7 Å². The largest absolute Gasteiger partial charge is 0.507 e. The van der Waals surface area contributed by atoms with E-state index < -0.39 is 17.7 Å². The highest BCUT2D eigenvalue weighted by atomic mass is 16.5. The van der Waals surface area contributed by atoms with Gasteiger partial charge in [0, 0.05) is 5.56 Å². The predicted octanol–water partition coefficient (Wildman–Crippen LogP) is 5.43. The third-order valence-electron chi connectivity index (χ3n) is 6.02. The van der Waals surface area contributed by atoms with Crippen molar-refractivity contribution in [3.8, 4) is 5.75 Å². The van der Waals surface area contributed by atoms with E-state index in [1.54, 1.807) is 43.3 Å². The van der Waals surface area contributed by atoms with Crippen molar-refractivity contribution >= 4 is 34.4 Å². The fourth-order valence-electron chi connectivity index (χ4n) is 4.30. The maximum atomic E-state index is 13.3. The topological polar surface area (TPSA) is 109 Å². The Hall–Kier alpha value is -4.33. The van der Waals surface area contributed by atoms with Gasteiger partial charge >= 0.3 is 5.91 Å². The number of anilines is 1. The maximum Gasteiger partial charge on any atom is 0.302 e. The highest BCUT2D eigenvalue weighted by molar-refractivity contribution is 6.51. The summed E-state index contributed by atoms with van der Waals surface area (Å²) >= 11 is 0. The predicted molar refractivity (Wildman–Crippen MR) is 136 cm³/mol. The molecule has 1 aliphatic heterocycles. The van der Waals surface area contributed by atoms with Crippen LogP contribution in [0.2, 0.25) is 0 Å². The van der Waals surface area contributed by atoms with E-state index in [4.69, 9.17) is 9.15 Å². The van der Waals surface area contributed by atoms with Crippen LogP contribution in [-0.2, 0) is 9.59 Å². The number of fused-ring (bicyclic) bond motifs is 1. The summed E-state index contributed by atoms with van der Waals surface area (Å²) in [5.41, 5.74) is 2.70. The van der Waals surface area contributed by atoms with Gasteiger partial charge < -0.3 is 19.2 Å². The van der Waals surface area contributed by atoms with Crippen molar-refractivity contribution in [2.75, 3.05) is 11.5 Å². The number of carbonyl (C=O) groups excluding carboxylic acids is 2. The van der Waals surface area contributed by atoms with E-state index >= 15 is 0 Å². The van der Waals surface area contributed by atoms with Crippen molar-refractivity contribution in [3.05, 3.63) is 82.8 Å². The van der Waals surface area contributed by atoms with Crippen molar-refractivity contribution in [3.63, 3.8) is 0 Å². The third-order valence-corrected chi connectivity index (χ3v) is 6.02. The molecule has 0 spiro atoms. The summed E-state index contributed by atoms with van der Waals surface area (Å²) in [5.74, 6) is 0.0938. The van der Waals surface area contributed by atoms with Crippen molar-refractivity contribution in [2.24, 2.45) is 5.92 Å². The molecule has 2 aromatic heterocycles. The van der Waals surface area contributed by atoms with Gasteiger partial charge in [-0.2, -0.15) is 0 Å². The first-order chi connectivity index (χ1) is 17.2. The Morgan fingerprint density at radius 3 is 2.67 bits per heavy atom. The lowest BCUT2D eigenvalue weighted by molar-refractivity contribution is -0.132. The number of ether oxygens (including phenoxy) is 1. The normalized spacial score (nSPS) is 17.5. The number of aromatic amines is 1. The Morgan fingerprint density at radius 1 is 1.14 bits per heavy atom. The lowest BCUT2D eigenvalue weighted by Crippen LogP contribution is -2.30. The van der Waals surface area contributed by atoms with Crippen LogP contribution in [0.5, 0.6) is 5.75 Å². The number of benzene rings is 2. The van der Waals surface area contributed by atoms with Crippen LogP contribution in [0.1, 0.15) is 42.5 Å². The monoisotopic (exact) mass is 485 g/mol. The van der Waals surface area contributed by atoms with Gasteiger partial charge in [-0.1, -0.05) is 32.0 Å². The quantitative estimate of drug-likeness (QED) is 0.214. The van der Waals surface area contributed by atoms with E-state index in [-0.39, 0.29) is 17.3 Å². The standard InChI is InChI=1S/C28H27N3O5/c1-15(2)14-35-19-7-5-6-18(13-19)25(32)23-24(22-11-9-17(4)36-22)31(27(34)26(23)33)28-29-20-10-8-16(3)12-21(20)30-28/h5-13,15,24,32H,14H2,1-4H3,(H,29,30)/b25-23+. The smallest absolute Gasteiger partial charge is 0.302 e. The number of aliphatic hydroxyl groups is 1. The number of hydrogen-bond acceptors (Lipinski definition) is 6. The molecule has 5 rings (SSSR count). The molecular formula is C28H27N3O5. The van der Waals surface area contributed by atoms with Crippen molar-refractivity contribution in [1.29, 1.82) is 0 Å². The number of imidazole rings is 1. The lowest BCUT2D eigenvalue weighted by atomic mass is 9.99. The number of nitrogens with one attached hydrogen (secondary N) is 1. The zero-order valence-electron chi connectivity index (χ0n) is 20.5. The van der Waals surface area contributed by atoms with Crippen LogP contribution in [0, 0.1) is 19.8 Å². The molecule has 0 radical (unpaired) electrons. The number of Topliss-reactive ketones (excluding diaryl/α,β-unsaturated/α-hetero) is 1. The highest BCUT2D eigenvalue weighted by Gasteiger charge is 2.49. The van der Waals surface area contributed by atoms with Crippen molar-refractivity contribution < 1.29 is 23.8 Å². The number of hydrogen-bond donors (Lipinski definition) is 2. The Balaban J connectivity index is 1.64. The summed E-state index contributed by atoms with van der Waals surface area (Å²) in [4.78, 5) is 35.6. The molecule has 0 bridgehead atoms. The number of carbonyl (C=O) groups is 2. The molecule has 1 saturated heterocycles. The molecule has 4 aromatic rings. The van der Waals surface area contributed by atoms with Gasteiger partial charge in [-0.15, -0.1) is 0 Å². The zero-order valence-corrected chi connectivity index (χ0v) is 20.5. The average molecular weight is 486 g/mol. The van der Waals surface area contributed by atoms with Crippen LogP contribution in [0.15, 0.2) is 64.6 Å². The molecule has 1 amide bonds. The fourth-order valence-corrected chi connectivity index (χ4v) is 4.30. The number of H-pyrrole nitrogens is 1. The first-order valence-electron chi connectivity index (χ1n) is 11.8. The van der Waals surface area contributed by atoms with Crippen molar-refractivity contribution in [2.45, 2.75) is 33.7 Å². The molecule has 184 valence electrons. The summed E-state index contributed by atoms with van der Waals surface area (Å²) in [6.07, 6.45) is 0. The second kappa shape index (κ2) is 9.03. The van der Waals surface area contributed by atoms with Gasteiger partial charge in [0.25, 0.3) is 5.78 Å². The van der Waals surface area contributed by atoms with Gasteiger partial charge in [0.15, 0.2) is 0 Å². The minimum Gasteiger partial charge on any atom is -0.507 e. The summed E-state index contributed by atoms with van der Waals surface area (Å²) in [5, 5.41) is 11.3. The first-order valence-corrected chi connectivity index (χ1v) is 11.8. The molecule has 2 aromatic carbocycles. The van der Waals surface area contributed by atoms with Gasteiger partial charge in [0.1, 0.15) is 29.1 Å². The van der Waals surface area contributed by atoms with E-state index in [0.29, 0.717) is 40.9 Å². The van der Waals surface area contributed by atoms with Crippen LogP contribution in [0.25, 0.3) is 16.8 Å². The van der Waals surface area contributed by atoms with Gasteiger partial charge in [-0.05, 0) is 61.7 Å². The number of ketones is 1. The molecular weight excluding hydrogens is 458 g/mol. The fraction of sp³-hybridized carbons (Fsp3) is 0.250. The second-order valence-corrected chi connectivity index (χ2v) is 9.43. The molecule has 1 atom stereocenters. The molecule has 3 heterocycles. The van der Waals surface area contributed by atoms with Gasteiger partial charge in [0.2, 0.25) is 5.95 Å². The molecule has 1 aliphatic rings. The first kappa shape index (κ1) is 23.4. The number of aromatic nitrogens is 2. The number of aryl methyl sites for hydroxylation is 2. The lowest BCUT2D eigenvalue weighted by Gasteiger charge is -2.20. The molecule has 36 heavy (non-hydrogen) atoms. The highest BCUT2D eigenvalue weighted by Crippen LogP contribution is 2.42. The Labute approximate surface area is 208 Å². The zero-order chi connectivity index (χ0) is 25.6. The number of aliphatic hydroxyl groups excluding tert-OH is 1. The average Bonchev–Trinajstić information content (AvgIpc) is 3.53. The van der Waals surface area contributed by atoms with Gasteiger partial charge in [-0.3, -0.25) is 14.5 Å². The molecule has 1 unspecified atom stereocenters. The van der Waals surface area contributed by atoms with Crippen molar-refractivity contribution in [1.82, 2.24) is 9.97 Å². The van der Waals surface area contributed by atoms with E-state index in [1.807, 2.05) is 39.0 Å². The Morgan fingerprint density at radius 2 is 1.94 bits per heavy atom. The molecule has 1 fully saturated rings. The molecule has 0 aliphatic carbocycles. The number of furan rings is 1. The number of rotatable bonds is 6. The van der Waals surface area contributed by atoms with Crippen LogP contribution < -0.4 is 9.64 Å². The Kier molecular flexibility index (Phi) is 5.88. The number of amides is 1. The third kappa shape index (κ3) is 4.15. The molecule has 8 nitrogen and oxygen atoms in total. The molecule has 8 heteroatoms. The Bertz CT molecular complexity index is 1510. The minimum absolute atomic E-state index is 0.0769. The molecule has 2 N–H and O–H groups in total. The van der Waals surface area contributed by atoms with Crippen LogP contribution in [0.3, 0.4) is 0 Å². The minimum atomic E-state index is -0.999. The maximum absolute atomic E-state index is 13.3. The SMILES string of the molecule is Cc1ccc2nc(N3C(=O)C(=O)/C(=C(/O)c4cccc(OCC(C)C)c4)C3c3ccc(C)o3)[nH]c2c1. The van der Waals surface area contributed by atoms with Crippen LogP contribution >= 0.6 is 0 Å². The summed E-state index contributed by atoms with van der Waals surface area (Å²) in [6.45, 7) is 8.31. The summed E-state index contributed by atoms with van der Waals surface area (Å²) in [7, 11) is 0. The van der Waals surface area contributed by atoms with E-state index in [2.05, 4.69) is 9.97 Å². The van der Waals surface area contributed by atoms with Gasteiger partial charge in [-0.25, -0.2) is 4.98 Å². The van der Waals surface area contributed by atoms with Gasteiger partial charge in [0.05, 0.1) is 23.2 Å². The number of nitrogens with zero attached hydrogens (tertiary/aromatic N) is 2.